The summed E-state index contributed by atoms with van der Waals surface area (Å²) in [6.07, 6.45) is 0. The lowest BCUT2D eigenvalue weighted by Gasteiger charge is -2.29. The monoisotopic (exact) mass is 769 g/mol. The van der Waals surface area contributed by atoms with Crippen LogP contribution in [0.4, 0.5) is 17.1 Å². The van der Waals surface area contributed by atoms with E-state index in [1.165, 1.54) is 72.1 Å². The number of fused-ring (bicyclic) bond motifs is 11. The summed E-state index contributed by atoms with van der Waals surface area (Å²) in [5, 5.41) is 4.52. The third kappa shape index (κ3) is 5.01. The van der Waals surface area contributed by atoms with Gasteiger partial charge in [-0.2, -0.15) is 0 Å². The van der Waals surface area contributed by atoms with Gasteiger partial charge in [0.1, 0.15) is 11.2 Å². The van der Waals surface area contributed by atoms with Crippen molar-refractivity contribution in [2.24, 2.45) is 0 Å². The number of rotatable bonds is 5. The van der Waals surface area contributed by atoms with E-state index in [0.717, 1.165) is 44.4 Å². The fraction of sp³-hybridized carbons (Fsp3) is 0.103. The Hall–Kier alpha value is -7.16. The molecule has 1 aromatic heterocycles. The summed E-state index contributed by atoms with van der Waals surface area (Å²) in [6.45, 7) is 9.45. The molecule has 0 bridgehead atoms. The van der Waals surface area contributed by atoms with Gasteiger partial charge in [-0.05, 0) is 127 Å². The van der Waals surface area contributed by atoms with Crippen LogP contribution in [-0.4, -0.2) is 0 Å². The molecular weight excluding hydrogens is 727 g/mol. The molecule has 0 atom stereocenters. The number of nitrogens with zero attached hydrogens (tertiary/aromatic N) is 1. The predicted octanol–water partition coefficient (Wildman–Crippen LogP) is 16.2. The van der Waals surface area contributed by atoms with Gasteiger partial charge >= 0.3 is 0 Å². The van der Waals surface area contributed by atoms with Gasteiger partial charge in [-0.3, -0.25) is 0 Å². The van der Waals surface area contributed by atoms with Gasteiger partial charge in [0, 0.05) is 33.0 Å². The van der Waals surface area contributed by atoms with Crippen molar-refractivity contribution in [2.75, 3.05) is 4.90 Å². The molecule has 9 aromatic carbocycles. The third-order valence-electron chi connectivity index (χ3n) is 13.7. The van der Waals surface area contributed by atoms with Gasteiger partial charge in [0.05, 0.1) is 11.1 Å². The first-order chi connectivity index (χ1) is 29.3. The van der Waals surface area contributed by atoms with Crippen LogP contribution in [0, 0.1) is 0 Å². The van der Waals surface area contributed by atoms with E-state index < -0.39 is 0 Å². The van der Waals surface area contributed by atoms with Crippen LogP contribution >= 0.6 is 0 Å². The molecule has 0 saturated carbocycles. The summed E-state index contributed by atoms with van der Waals surface area (Å²) in [5.41, 5.74) is 20.5. The second-order valence-corrected chi connectivity index (χ2v) is 17.7. The van der Waals surface area contributed by atoms with Gasteiger partial charge in [-0.15, -0.1) is 0 Å². The molecule has 0 amide bonds. The van der Waals surface area contributed by atoms with E-state index >= 15 is 0 Å². The fourth-order valence-electron chi connectivity index (χ4n) is 10.5. The molecule has 0 unspecified atom stereocenters. The first kappa shape index (κ1) is 34.8. The maximum Gasteiger partial charge on any atom is 0.143 e. The van der Waals surface area contributed by atoms with E-state index in [4.69, 9.17) is 4.42 Å². The van der Waals surface area contributed by atoms with Gasteiger partial charge in [-0.1, -0.05) is 161 Å². The Morgan fingerprint density at radius 2 is 0.950 bits per heavy atom. The van der Waals surface area contributed by atoms with Gasteiger partial charge in [-0.25, -0.2) is 0 Å². The molecule has 0 N–H and O–H groups in total. The Bertz CT molecular complexity index is 3370. The second kappa shape index (κ2) is 12.7. The molecule has 0 radical (unpaired) electrons. The SMILES string of the molecule is CC1(C)c2ccccc2-c2ccc(-c3ccc(N(c4ccc5c(c4)C(C)(C)c4cc(-c6ccccc6)ccc4-5)c4cccc5oc6c7ccccc7ccc6c45)cc3)cc21. The summed E-state index contributed by atoms with van der Waals surface area (Å²) < 4.78 is 6.75. The zero-order valence-electron chi connectivity index (χ0n) is 34.3. The number of benzene rings is 9. The van der Waals surface area contributed by atoms with Crippen LogP contribution in [0.2, 0.25) is 0 Å². The summed E-state index contributed by atoms with van der Waals surface area (Å²) in [4.78, 5) is 2.44. The van der Waals surface area contributed by atoms with E-state index in [2.05, 4.69) is 221 Å². The van der Waals surface area contributed by atoms with E-state index in [0.29, 0.717) is 0 Å². The van der Waals surface area contributed by atoms with Crippen molar-refractivity contribution < 1.29 is 4.42 Å². The molecule has 0 fully saturated rings. The predicted molar refractivity (Wildman–Crippen MR) is 252 cm³/mol. The van der Waals surface area contributed by atoms with Crippen LogP contribution in [0.3, 0.4) is 0 Å². The van der Waals surface area contributed by atoms with E-state index in [1.807, 2.05) is 0 Å². The van der Waals surface area contributed by atoms with Crippen LogP contribution < -0.4 is 4.90 Å². The van der Waals surface area contributed by atoms with E-state index in [1.54, 1.807) is 0 Å². The Morgan fingerprint density at radius 1 is 0.383 bits per heavy atom. The van der Waals surface area contributed by atoms with Crippen molar-refractivity contribution in [2.45, 2.75) is 38.5 Å². The number of furan rings is 1. The van der Waals surface area contributed by atoms with Crippen LogP contribution in [0.1, 0.15) is 49.9 Å². The summed E-state index contributed by atoms with van der Waals surface area (Å²) in [5.74, 6) is 0. The lowest BCUT2D eigenvalue weighted by atomic mass is 9.81. The maximum atomic E-state index is 6.75. The van der Waals surface area contributed by atoms with Crippen LogP contribution in [0.15, 0.2) is 192 Å². The van der Waals surface area contributed by atoms with Crippen LogP contribution in [0.5, 0.6) is 0 Å². The van der Waals surface area contributed by atoms with Gasteiger partial charge < -0.3 is 9.32 Å². The first-order valence-corrected chi connectivity index (χ1v) is 21.1. The summed E-state index contributed by atoms with van der Waals surface area (Å²) in [6, 6.07) is 69.3. The van der Waals surface area contributed by atoms with Crippen LogP contribution in [-0.2, 0) is 10.8 Å². The topological polar surface area (TPSA) is 16.4 Å². The quantitative estimate of drug-likeness (QED) is 0.173. The van der Waals surface area contributed by atoms with Crippen molar-refractivity contribution in [3.63, 3.8) is 0 Å². The molecule has 12 rings (SSSR count). The van der Waals surface area contributed by atoms with Gasteiger partial charge in [0.15, 0.2) is 0 Å². The minimum absolute atomic E-state index is 0.0554. The second-order valence-electron chi connectivity index (χ2n) is 17.7. The van der Waals surface area contributed by atoms with Gasteiger partial charge in [0.25, 0.3) is 0 Å². The standard InChI is InChI=1S/C58H43NO/c1-57(2)49-18-11-10-17-44(49)45-29-25-40(34-50(45)57)37-21-26-41(27-22-37)59(53-19-12-20-54-55(53)48-31-23-38-15-8-9-16-43(38)56(48)60-54)42-28-32-47-46-30-24-39(36-13-6-5-7-14-36)33-51(46)58(3,4)52(47)35-42/h5-35H,1-4H3. The molecule has 286 valence electrons. The van der Waals surface area contributed by atoms with Crippen molar-refractivity contribution in [3.05, 3.63) is 210 Å². The Morgan fingerprint density at radius 3 is 1.70 bits per heavy atom. The van der Waals surface area contributed by atoms with Crippen LogP contribution in [0.25, 0.3) is 77.2 Å². The van der Waals surface area contributed by atoms with Crippen molar-refractivity contribution in [1.29, 1.82) is 0 Å². The van der Waals surface area contributed by atoms with Gasteiger partial charge in [0.2, 0.25) is 0 Å². The Labute approximate surface area is 351 Å². The zero-order valence-corrected chi connectivity index (χ0v) is 34.3. The fourth-order valence-corrected chi connectivity index (χ4v) is 10.5. The Balaban J connectivity index is 1.02. The molecule has 2 aliphatic rings. The number of hydrogen-bond acceptors (Lipinski definition) is 2. The number of anilines is 3. The molecule has 2 aliphatic carbocycles. The highest BCUT2D eigenvalue weighted by Gasteiger charge is 2.37. The largest absolute Gasteiger partial charge is 0.455 e. The average Bonchev–Trinajstić information content (AvgIpc) is 3.87. The molecule has 1 heterocycles. The normalized spacial score (nSPS) is 14.3. The summed E-state index contributed by atoms with van der Waals surface area (Å²) in [7, 11) is 0. The molecular formula is C58H43NO. The molecule has 2 heteroatoms. The highest BCUT2D eigenvalue weighted by atomic mass is 16.3. The maximum absolute atomic E-state index is 6.75. The number of hydrogen-bond donors (Lipinski definition) is 0. The van der Waals surface area contributed by atoms with E-state index in [-0.39, 0.29) is 10.8 Å². The van der Waals surface area contributed by atoms with Crippen molar-refractivity contribution >= 4 is 49.8 Å². The smallest absolute Gasteiger partial charge is 0.143 e. The molecule has 0 aliphatic heterocycles. The Kier molecular flexibility index (Phi) is 7.36. The lowest BCUT2D eigenvalue weighted by Crippen LogP contribution is -2.16. The summed E-state index contributed by atoms with van der Waals surface area (Å²) >= 11 is 0. The average molecular weight is 770 g/mol. The molecule has 10 aromatic rings. The molecule has 0 saturated heterocycles. The highest BCUT2D eigenvalue weighted by molar-refractivity contribution is 6.19. The minimum Gasteiger partial charge on any atom is -0.455 e. The third-order valence-corrected chi connectivity index (χ3v) is 13.7. The molecule has 0 spiro atoms. The minimum atomic E-state index is -0.199. The van der Waals surface area contributed by atoms with Crippen molar-refractivity contribution in [3.8, 4) is 44.5 Å². The molecule has 60 heavy (non-hydrogen) atoms. The van der Waals surface area contributed by atoms with Crippen molar-refractivity contribution in [1.82, 2.24) is 0 Å². The molecule has 2 nitrogen and oxygen atoms in total. The van der Waals surface area contributed by atoms with E-state index in [9.17, 15) is 0 Å². The first-order valence-electron chi connectivity index (χ1n) is 21.1. The zero-order chi connectivity index (χ0) is 40.3. The highest BCUT2D eigenvalue weighted by Crippen LogP contribution is 2.53. The lowest BCUT2D eigenvalue weighted by molar-refractivity contribution is 0.660.